The lowest BCUT2D eigenvalue weighted by Gasteiger charge is -2.27. The second-order valence-electron chi connectivity index (χ2n) is 4.25. The molecular weight excluding hydrogens is 516 g/mol. The van der Waals surface area contributed by atoms with Crippen molar-refractivity contribution in [3.8, 4) is 0 Å². The normalized spacial score (nSPS) is 15.3. The van der Waals surface area contributed by atoms with Crippen molar-refractivity contribution < 1.29 is 87.8 Å². The molecule has 0 spiro atoms. The maximum absolute atomic E-state index is 11.6. The van der Waals surface area contributed by atoms with E-state index < -0.39 is 60.2 Å². The minimum Gasteiger partial charge on any atom is -0.760 e. The fraction of sp³-hybridized carbons (Fsp3) is 1.00. The van der Waals surface area contributed by atoms with Crippen molar-refractivity contribution in [3.05, 3.63) is 0 Å². The third-order valence-electron chi connectivity index (χ3n) is 2.10. The summed E-state index contributed by atoms with van der Waals surface area (Å²) in [7, 11) is 0. The molecule has 0 radical (unpaired) electrons. The molecule has 0 bridgehead atoms. The highest BCUT2D eigenvalue weighted by atomic mass is 32.2. The van der Waals surface area contributed by atoms with Crippen LogP contribution in [0.15, 0.2) is 0 Å². The average Bonchev–Trinajstić information content (AvgIpc) is 2.43. The van der Waals surface area contributed by atoms with E-state index in [9.17, 15) is 79.0 Å². The summed E-state index contributed by atoms with van der Waals surface area (Å²) in [6, 6.07) is 0. The Morgan fingerprint density at radius 1 is 0.567 bits per heavy atom. The van der Waals surface area contributed by atoms with Gasteiger partial charge in [-0.3, -0.25) is 9.35 Å². The third kappa shape index (κ3) is 8.15. The molecule has 22 heteroatoms. The number of rotatable bonds is 4. The Morgan fingerprint density at radius 2 is 0.700 bits per heavy atom. The van der Waals surface area contributed by atoms with Crippen LogP contribution >= 0.6 is 0 Å². The molecule has 0 aliphatic rings. The Labute approximate surface area is 154 Å². The van der Waals surface area contributed by atoms with Crippen molar-refractivity contribution in [2.75, 3.05) is 0 Å². The van der Waals surface area contributed by atoms with Gasteiger partial charge in [0.1, 0.15) is 0 Å². The Hall–Kier alpha value is -1.19. The molecule has 0 saturated heterocycles. The van der Waals surface area contributed by atoms with Crippen LogP contribution in [-0.2, 0) is 11.3 Å². The standard InChI is InChI=1S/2C4HF9.H3NO2S/c2*5-1(6)2(7,8)3(9,10)4(11,12)13;1-4(2)3/h2*1H;1H2,(H,2,3)/p-1. The lowest BCUT2D eigenvalue weighted by atomic mass is 10.2. The maximum Gasteiger partial charge on any atom is 0.460 e. The molecule has 0 rings (SSSR count). The summed E-state index contributed by atoms with van der Waals surface area (Å²) in [5.74, 6) is -26.3. The van der Waals surface area contributed by atoms with Crippen LogP contribution in [0.5, 0.6) is 0 Å². The number of hydrogen-bond donors (Lipinski definition) is 1. The average molecular weight is 520 g/mol. The monoisotopic (exact) mass is 520 g/mol. The molecule has 30 heavy (non-hydrogen) atoms. The van der Waals surface area contributed by atoms with Gasteiger partial charge in [0.25, 0.3) is 0 Å². The molecule has 2 N–H and O–H groups in total. The summed E-state index contributed by atoms with van der Waals surface area (Å²) in [5, 5.41) is 4.03. The van der Waals surface area contributed by atoms with Gasteiger partial charge in [-0.2, -0.15) is 61.5 Å². The van der Waals surface area contributed by atoms with Crippen molar-refractivity contribution in [3.63, 3.8) is 0 Å². The maximum atomic E-state index is 11.6. The van der Waals surface area contributed by atoms with Crippen molar-refractivity contribution in [1.82, 2.24) is 0 Å². The predicted octanol–water partition coefficient (Wildman–Crippen LogP) is 4.91. The molecule has 0 heterocycles. The third-order valence-corrected chi connectivity index (χ3v) is 2.10. The van der Waals surface area contributed by atoms with E-state index in [4.69, 9.17) is 8.76 Å². The minimum absolute atomic E-state index is 2.36. The molecular formula is C8H4F18NO2S-. The molecule has 1 unspecified atom stereocenters. The molecule has 0 fully saturated rings. The lowest BCUT2D eigenvalue weighted by molar-refractivity contribution is -0.375. The van der Waals surface area contributed by atoms with Gasteiger partial charge in [0.05, 0.1) is 0 Å². The van der Waals surface area contributed by atoms with E-state index >= 15 is 0 Å². The van der Waals surface area contributed by atoms with E-state index in [0.29, 0.717) is 0 Å². The highest BCUT2D eigenvalue weighted by Gasteiger charge is 2.77. The van der Waals surface area contributed by atoms with Crippen LogP contribution in [0.2, 0.25) is 0 Å². The van der Waals surface area contributed by atoms with Gasteiger partial charge in [-0.15, -0.1) is 0 Å². The Kier molecular flexibility index (Phi) is 11.6. The minimum atomic E-state index is -6.73. The van der Waals surface area contributed by atoms with Gasteiger partial charge in [0, 0.05) is 11.3 Å². The summed E-state index contributed by atoms with van der Waals surface area (Å²) in [4.78, 5) is 0. The number of alkyl halides is 18. The summed E-state index contributed by atoms with van der Waals surface area (Å²) in [6.07, 6.45) is -23.6. The van der Waals surface area contributed by atoms with E-state index in [0.717, 1.165) is 0 Å². The summed E-state index contributed by atoms with van der Waals surface area (Å²) < 4.78 is 222. The first-order chi connectivity index (χ1) is 12.6. The molecule has 0 amide bonds. The predicted molar refractivity (Wildman–Crippen MR) is 57.0 cm³/mol. The SMILES string of the molecule is FC(F)C(F)(F)C(F)(F)C(F)(F)F.FC(F)C(F)(F)C(F)(F)C(F)(F)F.NS(=O)[O-]. The van der Waals surface area contributed by atoms with Gasteiger partial charge >= 0.3 is 48.9 Å². The van der Waals surface area contributed by atoms with Crippen LogP contribution in [0.3, 0.4) is 0 Å². The zero-order chi connectivity index (χ0) is 25.7. The topological polar surface area (TPSA) is 66.2 Å². The van der Waals surface area contributed by atoms with Gasteiger partial charge in [0.15, 0.2) is 0 Å². The van der Waals surface area contributed by atoms with E-state index in [1.54, 1.807) is 0 Å². The molecule has 1 atom stereocenters. The first kappa shape index (κ1) is 33.4. The summed E-state index contributed by atoms with van der Waals surface area (Å²) in [6.45, 7) is 0. The Balaban J connectivity index is -0.000000412. The van der Waals surface area contributed by atoms with Gasteiger partial charge in [-0.25, -0.2) is 17.6 Å². The van der Waals surface area contributed by atoms with Crippen LogP contribution in [0.25, 0.3) is 0 Å². The van der Waals surface area contributed by atoms with Crippen LogP contribution in [0.1, 0.15) is 0 Å². The number of nitrogens with two attached hydrogens (primary N) is 1. The van der Waals surface area contributed by atoms with Crippen molar-refractivity contribution >= 4 is 11.3 Å². The van der Waals surface area contributed by atoms with Gasteiger partial charge in [-0.1, -0.05) is 0 Å². The van der Waals surface area contributed by atoms with Crippen molar-refractivity contribution in [2.45, 2.75) is 48.9 Å². The molecule has 186 valence electrons. The highest BCUT2D eigenvalue weighted by molar-refractivity contribution is 7.76. The first-order valence-electron chi connectivity index (χ1n) is 5.67. The fourth-order valence-corrected chi connectivity index (χ4v) is 0.652. The summed E-state index contributed by atoms with van der Waals surface area (Å²) in [5.41, 5.74) is 0. The van der Waals surface area contributed by atoms with Gasteiger partial charge < -0.3 is 4.55 Å². The zero-order valence-corrected chi connectivity index (χ0v) is 13.6. The Morgan fingerprint density at radius 3 is 0.733 bits per heavy atom. The lowest BCUT2D eigenvalue weighted by Crippen LogP contribution is -2.55. The molecule has 0 aromatic rings. The zero-order valence-electron chi connectivity index (χ0n) is 12.8. The smallest absolute Gasteiger partial charge is 0.460 e. The molecule has 0 aromatic carbocycles. The van der Waals surface area contributed by atoms with E-state index in [2.05, 4.69) is 5.14 Å². The molecule has 0 aliphatic heterocycles. The van der Waals surface area contributed by atoms with Crippen LogP contribution in [-0.4, -0.2) is 57.7 Å². The van der Waals surface area contributed by atoms with Crippen LogP contribution < -0.4 is 5.14 Å². The highest BCUT2D eigenvalue weighted by Crippen LogP contribution is 2.49. The fourth-order valence-electron chi connectivity index (χ4n) is 0.652. The second-order valence-corrected chi connectivity index (χ2v) is 4.77. The molecule has 0 aromatic heterocycles. The first-order valence-corrected chi connectivity index (χ1v) is 6.80. The van der Waals surface area contributed by atoms with E-state index in [1.165, 1.54) is 0 Å². The van der Waals surface area contributed by atoms with E-state index in [1.807, 2.05) is 0 Å². The number of halogens is 18. The van der Waals surface area contributed by atoms with Crippen molar-refractivity contribution in [1.29, 1.82) is 0 Å². The van der Waals surface area contributed by atoms with E-state index in [-0.39, 0.29) is 0 Å². The van der Waals surface area contributed by atoms with Crippen LogP contribution in [0.4, 0.5) is 79.0 Å². The number of hydrogen-bond acceptors (Lipinski definition) is 2. The molecule has 0 aliphatic carbocycles. The largest absolute Gasteiger partial charge is 0.760 e. The van der Waals surface area contributed by atoms with Gasteiger partial charge in [0.2, 0.25) is 0 Å². The quantitative estimate of drug-likeness (QED) is 0.423. The second kappa shape index (κ2) is 10.4. The molecule has 3 nitrogen and oxygen atoms in total. The summed E-state index contributed by atoms with van der Waals surface area (Å²) >= 11 is -2.36. The van der Waals surface area contributed by atoms with Crippen LogP contribution in [0, 0.1) is 0 Å². The van der Waals surface area contributed by atoms with Crippen molar-refractivity contribution in [2.24, 2.45) is 5.14 Å². The van der Waals surface area contributed by atoms with Gasteiger partial charge in [-0.05, 0) is 0 Å². The Bertz CT molecular complexity index is 493. The molecule has 0 saturated carbocycles.